The Morgan fingerprint density at radius 3 is 2.52 bits per heavy atom. The molecule has 1 aromatic heterocycles. The molecule has 0 aliphatic carbocycles. The first-order valence-electron chi connectivity index (χ1n) is 10.4. The van der Waals surface area contributed by atoms with E-state index in [1.165, 1.54) is 9.80 Å². The number of piperazine rings is 1. The second-order valence-electron chi connectivity index (χ2n) is 7.97. The van der Waals surface area contributed by atoms with Gasteiger partial charge in [-0.25, -0.2) is 9.59 Å². The number of nitrogens with two attached hydrogens (primary N) is 1. The van der Waals surface area contributed by atoms with E-state index in [2.05, 4.69) is 11.4 Å². The zero-order valence-electron chi connectivity index (χ0n) is 18.2. The minimum atomic E-state index is -0.862. The van der Waals surface area contributed by atoms with Crippen molar-refractivity contribution in [2.24, 2.45) is 5.73 Å². The summed E-state index contributed by atoms with van der Waals surface area (Å²) in [6, 6.07) is 9.25. The van der Waals surface area contributed by atoms with Crippen molar-refractivity contribution in [3.63, 3.8) is 0 Å². The number of hydrogen-bond acceptors (Lipinski definition) is 5. The molecule has 0 spiro atoms. The molecule has 4 rings (SSSR count). The summed E-state index contributed by atoms with van der Waals surface area (Å²) in [4.78, 5) is 53.5. The van der Waals surface area contributed by atoms with Gasteiger partial charge in [0.15, 0.2) is 0 Å². The Hall–Kier alpha value is -4.33. The number of imide groups is 1. The van der Waals surface area contributed by atoms with Gasteiger partial charge in [-0.05, 0) is 31.5 Å². The van der Waals surface area contributed by atoms with Gasteiger partial charge in [-0.1, -0.05) is 18.2 Å². The van der Waals surface area contributed by atoms with E-state index >= 15 is 0 Å². The van der Waals surface area contributed by atoms with Gasteiger partial charge in [-0.2, -0.15) is 5.26 Å². The number of amides is 6. The number of rotatable bonds is 4. The van der Waals surface area contributed by atoms with Crippen molar-refractivity contribution in [2.45, 2.75) is 19.9 Å². The maximum atomic E-state index is 12.9. The zero-order chi connectivity index (χ0) is 23.9. The molecule has 2 aromatic rings. The summed E-state index contributed by atoms with van der Waals surface area (Å²) in [7, 11) is 0. The second-order valence-corrected chi connectivity index (χ2v) is 7.97. The van der Waals surface area contributed by atoms with Crippen molar-refractivity contribution in [2.75, 3.05) is 31.5 Å². The third-order valence-corrected chi connectivity index (χ3v) is 6.12. The van der Waals surface area contributed by atoms with Crippen LogP contribution in [0.25, 0.3) is 5.69 Å². The molecule has 170 valence electrons. The van der Waals surface area contributed by atoms with Crippen molar-refractivity contribution >= 4 is 29.7 Å². The number of aromatic nitrogens is 1. The average molecular weight is 449 g/mol. The van der Waals surface area contributed by atoms with Crippen LogP contribution in [0.3, 0.4) is 0 Å². The fourth-order valence-corrected chi connectivity index (χ4v) is 4.27. The van der Waals surface area contributed by atoms with E-state index in [9.17, 15) is 24.4 Å². The fourth-order valence-electron chi connectivity index (χ4n) is 4.27. The van der Waals surface area contributed by atoms with Gasteiger partial charge in [0.25, 0.3) is 5.91 Å². The van der Waals surface area contributed by atoms with E-state index in [-0.39, 0.29) is 25.5 Å². The average Bonchev–Trinajstić information content (AvgIpc) is 3.18. The molecule has 2 aliphatic rings. The molecule has 11 heteroatoms. The Balaban J connectivity index is 1.57. The Kier molecular flexibility index (Phi) is 5.51. The van der Waals surface area contributed by atoms with E-state index in [4.69, 9.17) is 5.73 Å². The molecule has 1 aromatic carbocycles. The van der Waals surface area contributed by atoms with Crippen LogP contribution < -0.4 is 11.1 Å². The van der Waals surface area contributed by atoms with Crippen LogP contribution in [-0.4, -0.2) is 75.4 Å². The summed E-state index contributed by atoms with van der Waals surface area (Å²) in [6.45, 7) is 3.49. The normalized spacial score (nSPS) is 17.7. The molecule has 2 fully saturated rings. The SMILES string of the molecule is Cc1c(C#N)c(NC(=O)CN2C(=O)C3CN(C(N)=O)CCN3C2=O)n(-c2ccccc2)c1C. The van der Waals surface area contributed by atoms with E-state index in [1.807, 2.05) is 37.3 Å². The molecule has 3 heterocycles. The van der Waals surface area contributed by atoms with Crippen LogP contribution in [-0.2, 0) is 9.59 Å². The van der Waals surface area contributed by atoms with Gasteiger partial charge in [0.05, 0.1) is 12.1 Å². The molecule has 0 saturated carbocycles. The molecule has 2 aliphatic heterocycles. The lowest BCUT2D eigenvalue weighted by Gasteiger charge is -2.34. The van der Waals surface area contributed by atoms with Crippen molar-refractivity contribution < 1.29 is 19.2 Å². The van der Waals surface area contributed by atoms with E-state index in [0.717, 1.165) is 16.3 Å². The van der Waals surface area contributed by atoms with Gasteiger partial charge < -0.3 is 20.9 Å². The molecule has 0 bridgehead atoms. The van der Waals surface area contributed by atoms with Gasteiger partial charge in [0.2, 0.25) is 5.91 Å². The highest BCUT2D eigenvalue weighted by atomic mass is 16.2. The van der Waals surface area contributed by atoms with E-state index < -0.39 is 36.5 Å². The number of fused-ring (bicyclic) bond motifs is 1. The smallest absolute Gasteiger partial charge is 0.328 e. The van der Waals surface area contributed by atoms with Crippen LogP contribution in [0.2, 0.25) is 0 Å². The van der Waals surface area contributed by atoms with Crippen molar-refractivity contribution in [3.8, 4) is 11.8 Å². The maximum absolute atomic E-state index is 12.9. The molecule has 33 heavy (non-hydrogen) atoms. The number of para-hydroxylation sites is 1. The number of urea groups is 2. The molecule has 1 unspecified atom stereocenters. The van der Waals surface area contributed by atoms with Gasteiger partial charge in [-0.15, -0.1) is 0 Å². The van der Waals surface area contributed by atoms with Crippen molar-refractivity contribution in [3.05, 3.63) is 47.2 Å². The Labute approximate surface area is 189 Å². The third-order valence-electron chi connectivity index (χ3n) is 6.12. The lowest BCUT2D eigenvalue weighted by atomic mass is 10.2. The summed E-state index contributed by atoms with van der Waals surface area (Å²) >= 11 is 0. The minimum absolute atomic E-state index is 0.00808. The highest BCUT2D eigenvalue weighted by molar-refractivity contribution is 6.08. The number of carbonyl (C=O) groups is 4. The van der Waals surface area contributed by atoms with Crippen LogP contribution >= 0.6 is 0 Å². The van der Waals surface area contributed by atoms with E-state index in [1.54, 1.807) is 11.5 Å². The van der Waals surface area contributed by atoms with Crippen LogP contribution in [0, 0.1) is 25.2 Å². The summed E-state index contributed by atoms with van der Waals surface area (Å²) in [5.41, 5.74) is 7.86. The first-order chi connectivity index (χ1) is 15.7. The van der Waals surface area contributed by atoms with Crippen molar-refractivity contribution in [1.29, 1.82) is 5.26 Å². The quantitative estimate of drug-likeness (QED) is 0.667. The first-order valence-corrected chi connectivity index (χ1v) is 10.4. The summed E-state index contributed by atoms with van der Waals surface area (Å²) in [5.74, 6) is -0.901. The molecule has 1 atom stereocenters. The number of carbonyl (C=O) groups excluding carboxylic acids is 4. The molecule has 0 radical (unpaired) electrons. The molecule has 11 nitrogen and oxygen atoms in total. The maximum Gasteiger partial charge on any atom is 0.328 e. The molecule has 3 N–H and O–H groups in total. The van der Waals surface area contributed by atoms with Crippen LogP contribution in [0.5, 0.6) is 0 Å². The Morgan fingerprint density at radius 2 is 1.88 bits per heavy atom. The predicted octanol–water partition coefficient (Wildman–Crippen LogP) is 0.931. The highest BCUT2D eigenvalue weighted by Crippen LogP contribution is 2.30. The zero-order valence-corrected chi connectivity index (χ0v) is 18.2. The third kappa shape index (κ3) is 3.65. The topological polar surface area (TPSA) is 145 Å². The Morgan fingerprint density at radius 1 is 1.18 bits per heavy atom. The molecular weight excluding hydrogens is 426 g/mol. The Bertz CT molecular complexity index is 1200. The number of hydrogen-bond donors (Lipinski definition) is 2. The monoisotopic (exact) mass is 449 g/mol. The standard InChI is InChI=1S/C22H23N7O4/c1-13-14(2)29(15-6-4-3-5-7-15)19(16(13)10-23)25-18(30)12-28-20(31)17-11-26(21(24)32)8-9-27(17)22(28)33/h3-7,17H,8-9,11-12H2,1-2H3,(H2,24,32)(H,25,30). The molecule has 2 saturated heterocycles. The van der Waals surface area contributed by atoms with Crippen LogP contribution in [0.4, 0.5) is 15.4 Å². The fraction of sp³-hybridized carbons (Fsp3) is 0.318. The first kappa shape index (κ1) is 21.9. The lowest BCUT2D eigenvalue weighted by molar-refractivity contribution is -0.131. The number of benzene rings is 1. The van der Waals surface area contributed by atoms with Gasteiger partial charge in [0.1, 0.15) is 24.5 Å². The molecular formula is C22H23N7O4. The number of nitrogens with zero attached hydrogens (tertiary/aromatic N) is 5. The van der Waals surface area contributed by atoms with Crippen LogP contribution in [0.1, 0.15) is 16.8 Å². The number of nitrogens with one attached hydrogen (secondary N) is 1. The summed E-state index contributed by atoms with van der Waals surface area (Å²) < 4.78 is 1.76. The van der Waals surface area contributed by atoms with Crippen molar-refractivity contribution in [1.82, 2.24) is 19.3 Å². The largest absolute Gasteiger partial charge is 0.351 e. The van der Waals surface area contributed by atoms with Gasteiger partial charge in [0, 0.05) is 24.5 Å². The second kappa shape index (κ2) is 8.31. The minimum Gasteiger partial charge on any atom is -0.351 e. The van der Waals surface area contributed by atoms with E-state index in [0.29, 0.717) is 11.1 Å². The lowest BCUT2D eigenvalue weighted by Crippen LogP contribution is -2.55. The summed E-state index contributed by atoms with van der Waals surface area (Å²) in [5, 5.41) is 12.4. The number of primary amides is 1. The summed E-state index contributed by atoms with van der Waals surface area (Å²) in [6.07, 6.45) is 0. The molecule has 6 amide bonds. The number of nitriles is 1. The predicted molar refractivity (Wildman–Crippen MR) is 117 cm³/mol. The highest BCUT2D eigenvalue weighted by Gasteiger charge is 2.48. The van der Waals surface area contributed by atoms with Gasteiger partial charge >= 0.3 is 12.1 Å². The number of anilines is 1. The van der Waals surface area contributed by atoms with Crippen LogP contribution in [0.15, 0.2) is 30.3 Å². The van der Waals surface area contributed by atoms with Gasteiger partial charge in [-0.3, -0.25) is 19.1 Å².